The molecule has 1 aromatic heterocycles. The van der Waals surface area contributed by atoms with Gasteiger partial charge in [0.2, 0.25) is 5.91 Å². The van der Waals surface area contributed by atoms with Crippen molar-refractivity contribution < 1.29 is 32.3 Å². The summed E-state index contributed by atoms with van der Waals surface area (Å²) in [5, 5.41) is 6.72. The summed E-state index contributed by atoms with van der Waals surface area (Å²) in [6.45, 7) is 1.72. The lowest BCUT2D eigenvalue weighted by atomic mass is 9.91. The third kappa shape index (κ3) is 5.43. The predicted octanol–water partition coefficient (Wildman–Crippen LogP) is 2.74. The van der Waals surface area contributed by atoms with Gasteiger partial charge in [-0.1, -0.05) is 49.4 Å². The van der Waals surface area contributed by atoms with Crippen LogP contribution in [0.5, 0.6) is 0 Å². The van der Waals surface area contributed by atoms with Crippen LogP contribution in [-0.4, -0.2) is 61.5 Å². The molecule has 0 spiro atoms. The van der Waals surface area contributed by atoms with E-state index in [-0.39, 0.29) is 15.7 Å². The van der Waals surface area contributed by atoms with Gasteiger partial charge in [0.05, 0.1) is 12.0 Å². The number of carbonyl (C=O) groups is 4. The summed E-state index contributed by atoms with van der Waals surface area (Å²) in [5.74, 6) is -2.63. The molecular weight excluding hydrogens is 532 g/mol. The van der Waals surface area contributed by atoms with Gasteiger partial charge in [0.25, 0.3) is 5.91 Å². The molecule has 3 atom stereocenters. The predicted molar refractivity (Wildman–Crippen MR) is 138 cm³/mol. The van der Waals surface area contributed by atoms with E-state index in [2.05, 4.69) is 20.4 Å². The fourth-order valence-corrected chi connectivity index (χ4v) is 5.42. The SMILES string of the molecule is COC(=O)c1csc(NC(=O)C(C(C)c2ccccc2)N2C(=O)NC(c3ccc(S(C)(=O)=O)cc3)C2=O)n1. The van der Waals surface area contributed by atoms with E-state index in [1.165, 1.54) is 36.8 Å². The number of thiazole rings is 1. The fraction of sp³-hybridized carbons (Fsp3) is 0.240. The normalized spacial score (nSPS) is 17.0. The van der Waals surface area contributed by atoms with E-state index in [4.69, 9.17) is 0 Å². The lowest BCUT2D eigenvalue weighted by Crippen LogP contribution is -2.50. The van der Waals surface area contributed by atoms with Crippen molar-refractivity contribution in [2.45, 2.75) is 29.8 Å². The van der Waals surface area contributed by atoms with E-state index in [1.807, 2.05) is 0 Å². The molecule has 198 valence electrons. The van der Waals surface area contributed by atoms with Crippen molar-refractivity contribution in [2.75, 3.05) is 18.7 Å². The molecule has 4 amide bonds. The molecule has 4 rings (SSSR count). The number of esters is 1. The smallest absolute Gasteiger partial charge is 0.357 e. The van der Waals surface area contributed by atoms with E-state index >= 15 is 0 Å². The lowest BCUT2D eigenvalue weighted by molar-refractivity contribution is -0.134. The molecule has 3 aromatic rings. The Balaban J connectivity index is 1.66. The van der Waals surface area contributed by atoms with Gasteiger partial charge in [-0.3, -0.25) is 9.59 Å². The molecule has 0 radical (unpaired) electrons. The van der Waals surface area contributed by atoms with Crippen LogP contribution < -0.4 is 10.6 Å². The number of benzene rings is 2. The molecule has 2 heterocycles. The van der Waals surface area contributed by atoms with E-state index in [9.17, 15) is 27.6 Å². The number of aromatic nitrogens is 1. The molecular formula is C25H24N4O7S2. The van der Waals surface area contributed by atoms with Crippen molar-refractivity contribution in [1.29, 1.82) is 0 Å². The number of urea groups is 1. The number of carbonyl (C=O) groups excluding carboxylic acids is 4. The van der Waals surface area contributed by atoms with Gasteiger partial charge in [-0.15, -0.1) is 11.3 Å². The Morgan fingerprint density at radius 2 is 1.76 bits per heavy atom. The van der Waals surface area contributed by atoms with Crippen LogP contribution in [0.15, 0.2) is 64.9 Å². The van der Waals surface area contributed by atoms with E-state index < -0.39 is 51.7 Å². The number of anilines is 1. The maximum atomic E-state index is 13.6. The van der Waals surface area contributed by atoms with Crippen molar-refractivity contribution in [3.8, 4) is 0 Å². The zero-order valence-electron chi connectivity index (χ0n) is 20.6. The minimum atomic E-state index is -3.45. The minimum absolute atomic E-state index is 0.00746. The van der Waals surface area contributed by atoms with Crippen molar-refractivity contribution in [3.63, 3.8) is 0 Å². The number of hydrogen-bond donors (Lipinski definition) is 2. The topological polar surface area (TPSA) is 152 Å². The number of methoxy groups -OCH3 is 1. The summed E-state index contributed by atoms with van der Waals surface area (Å²) in [6, 6.07) is 11.4. The van der Waals surface area contributed by atoms with Crippen LogP contribution in [-0.2, 0) is 24.2 Å². The summed E-state index contributed by atoms with van der Waals surface area (Å²) < 4.78 is 28.2. The molecule has 1 aliphatic heterocycles. The van der Waals surface area contributed by atoms with Crippen molar-refractivity contribution in [1.82, 2.24) is 15.2 Å². The standard InChI is InChI=1S/C25H24N4O7S2/c1-14(15-7-5-4-6-8-15)20(21(30)28-24-26-18(13-37-24)23(32)36-2)29-22(31)19(27-25(29)33)16-9-11-17(12-10-16)38(3,34)35/h4-14,19-20H,1-3H3,(H,27,33)(H,26,28,30). The highest BCUT2D eigenvalue weighted by Gasteiger charge is 2.47. The Morgan fingerprint density at radius 1 is 1.11 bits per heavy atom. The third-order valence-corrected chi connectivity index (χ3v) is 7.97. The second-order valence-corrected chi connectivity index (χ2v) is 11.5. The Kier molecular flexibility index (Phi) is 7.60. The molecule has 2 aromatic carbocycles. The molecule has 13 heteroatoms. The molecule has 11 nitrogen and oxygen atoms in total. The molecule has 0 aliphatic carbocycles. The quantitative estimate of drug-likeness (QED) is 0.317. The first-order valence-electron chi connectivity index (χ1n) is 11.3. The summed E-state index contributed by atoms with van der Waals surface area (Å²) >= 11 is 0.994. The largest absolute Gasteiger partial charge is 0.464 e. The highest BCUT2D eigenvalue weighted by molar-refractivity contribution is 7.90. The van der Waals surface area contributed by atoms with Crippen molar-refractivity contribution in [2.24, 2.45) is 0 Å². The Labute approximate surface area is 222 Å². The molecule has 1 aliphatic rings. The van der Waals surface area contributed by atoms with Gasteiger partial charge >= 0.3 is 12.0 Å². The maximum Gasteiger partial charge on any atom is 0.357 e. The van der Waals surface area contributed by atoms with Crippen LogP contribution in [0.2, 0.25) is 0 Å². The second-order valence-electron chi connectivity index (χ2n) is 8.59. The molecule has 38 heavy (non-hydrogen) atoms. The number of nitrogens with one attached hydrogen (secondary N) is 2. The highest BCUT2D eigenvalue weighted by atomic mass is 32.2. The average molecular weight is 557 g/mol. The second kappa shape index (κ2) is 10.7. The number of ether oxygens (including phenoxy) is 1. The van der Waals surface area contributed by atoms with Gasteiger partial charge in [0.1, 0.15) is 12.1 Å². The average Bonchev–Trinajstić information content (AvgIpc) is 3.48. The van der Waals surface area contributed by atoms with Crippen LogP contribution in [0.1, 0.15) is 40.5 Å². The fourth-order valence-electron chi connectivity index (χ4n) is 4.11. The Morgan fingerprint density at radius 3 is 2.37 bits per heavy atom. The zero-order valence-corrected chi connectivity index (χ0v) is 22.2. The summed E-state index contributed by atoms with van der Waals surface area (Å²) in [5.41, 5.74) is 1.09. The number of rotatable bonds is 8. The number of hydrogen-bond acceptors (Lipinski definition) is 9. The molecule has 0 bridgehead atoms. The van der Waals surface area contributed by atoms with Gasteiger partial charge in [-0.2, -0.15) is 0 Å². The van der Waals surface area contributed by atoms with E-state index in [0.717, 1.165) is 22.5 Å². The first-order chi connectivity index (χ1) is 18.0. The van der Waals surface area contributed by atoms with Gasteiger partial charge in [0, 0.05) is 17.6 Å². The first-order valence-corrected chi connectivity index (χ1v) is 14.1. The minimum Gasteiger partial charge on any atom is -0.464 e. The summed E-state index contributed by atoms with van der Waals surface area (Å²) in [4.78, 5) is 56.9. The monoisotopic (exact) mass is 556 g/mol. The van der Waals surface area contributed by atoms with Gasteiger partial charge in [-0.25, -0.2) is 27.9 Å². The number of sulfone groups is 1. The zero-order chi connectivity index (χ0) is 27.6. The number of imide groups is 1. The molecule has 1 fully saturated rings. The number of nitrogens with zero attached hydrogens (tertiary/aromatic N) is 2. The first kappa shape index (κ1) is 26.9. The van der Waals surface area contributed by atoms with Crippen molar-refractivity contribution in [3.05, 3.63) is 76.8 Å². The molecule has 0 saturated carbocycles. The molecule has 2 N–H and O–H groups in total. The van der Waals surface area contributed by atoms with Gasteiger partial charge in [-0.05, 0) is 23.3 Å². The van der Waals surface area contributed by atoms with Crippen LogP contribution >= 0.6 is 11.3 Å². The maximum absolute atomic E-state index is 13.6. The van der Waals surface area contributed by atoms with Crippen LogP contribution in [0.3, 0.4) is 0 Å². The third-order valence-electron chi connectivity index (χ3n) is 6.09. The van der Waals surface area contributed by atoms with E-state index in [0.29, 0.717) is 11.1 Å². The van der Waals surface area contributed by atoms with Crippen LogP contribution in [0.25, 0.3) is 0 Å². The van der Waals surface area contributed by atoms with Gasteiger partial charge in [0.15, 0.2) is 20.7 Å². The molecule has 1 saturated heterocycles. The summed E-state index contributed by atoms with van der Waals surface area (Å²) in [6.07, 6.45) is 1.07. The molecule has 3 unspecified atom stereocenters. The van der Waals surface area contributed by atoms with Crippen molar-refractivity contribution >= 4 is 50.1 Å². The lowest BCUT2D eigenvalue weighted by Gasteiger charge is -2.29. The highest BCUT2D eigenvalue weighted by Crippen LogP contribution is 2.31. The Hall–Kier alpha value is -4.10. The van der Waals surface area contributed by atoms with Crippen LogP contribution in [0.4, 0.5) is 9.93 Å². The number of amides is 4. The Bertz CT molecular complexity index is 1490. The van der Waals surface area contributed by atoms with Crippen LogP contribution in [0, 0.1) is 0 Å². The van der Waals surface area contributed by atoms with Gasteiger partial charge < -0.3 is 15.4 Å². The van der Waals surface area contributed by atoms with E-state index in [1.54, 1.807) is 37.3 Å². The summed E-state index contributed by atoms with van der Waals surface area (Å²) in [7, 11) is -2.24.